The van der Waals surface area contributed by atoms with Crippen LogP contribution in [0, 0.1) is 11.8 Å². The molecule has 0 aliphatic heterocycles. The fourth-order valence-corrected chi connectivity index (χ4v) is 3.09. The molecule has 2 fully saturated rings. The summed E-state index contributed by atoms with van der Waals surface area (Å²) in [7, 11) is 1.61. The molecule has 0 heterocycles. The van der Waals surface area contributed by atoms with Crippen molar-refractivity contribution in [3.63, 3.8) is 0 Å². The van der Waals surface area contributed by atoms with Crippen LogP contribution >= 0.6 is 0 Å². The second-order valence-electron chi connectivity index (χ2n) is 5.35. The topological polar surface area (TPSA) is 50.7 Å². The molecule has 2 aliphatic carbocycles. The van der Waals surface area contributed by atoms with Crippen LogP contribution < -0.4 is 10.2 Å². The minimum Gasteiger partial charge on any atom is -0.497 e. The van der Waals surface area contributed by atoms with Crippen molar-refractivity contribution in [2.75, 3.05) is 7.11 Å². The molecule has 1 aromatic rings. The summed E-state index contributed by atoms with van der Waals surface area (Å²) in [5.41, 5.74) is 4.46. The second-order valence-corrected chi connectivity index (χ2v) is 5.35. The normalized spacial score (nSPS) is 26.7. The average Bonchev–Trinajstić information content (AvgIpc) is 3.07. The lowest BCUT2D eigenvalue weighted by Gasteiger charge is -2.11. The van der Waals surface area contributed by atoms with E-state index < -0.39 is 0 Å². The third-order valence-corrected chi connectivity index (χ3v) is 4.16. The fraction of sp³-hybridized carbons (Fsp3) is 0.467. The standard InChI is InChI=1S/C15H18N2O2/c1-19-13-6-4-11(5-7-13)15(18)17-16-14-9-10-2-3-12(14)8-10/h4-7,10,12H,2-3,8-9H2,1H3,(H,17,18). The van der Waals surface area contributed by atoms with E-state index in [1.807, 2.05) is 0 Å². The van der Waals surface area contributed by atoms with E-state index in [1.165, 1.54) is 25.0 Å². The lowest BCUT2D eigenvalue weighted by Crippen LogP contribution is -2.21. The molecule has 100 valence electrons. The Hall–Kier alpha value is -1.84. The summed E-state index contributed by atoms with van der Waals surface area (Å²) in [5, 5.41) is 4.31. The summed E-state index contributed by atoms with van der Waals surface area (Å²) < 4.78 is 5.06. The molecule has 1 amide bonds. The van der Waals surface area contributed by atoms with Gasteiger partial charge in [0.25, 0.3) is 5.91 Å². The van der Waals surface area contributed by atoms with E-state index in [0.29, 0.717) is 11.5 Å². The number of nitrogens with one attached hydrogen (secondary N) is 1. The molecule has 1 N–H and O–H groups in total. The van der Waals surface area contributed by atoms with Crippen molar-refractivity contribution < 1.29 is 9.53 Å². The van der Waals surface area contributed by atoms with Crippen molar-refractivity contribution in [1.82, 2.24) is 5.43 Å². The highest BCUT2D eigenvalue weighted by Crippen LogP contribution is 2.42. The zero-order chi connectivity index (χ0) is 13.2. The van der Waals surface area contributed by atoms with E-state index in [4.69, 9.17) is 4.74 Å². The van der Waals surface area contributed by atoms with E-state index in [-0.39, 0.29) is 5.91 Å². The Bertz CT molecular complexity index is 507. The van der Waals surface area contributed by atoms with Gasteiger partial charge in [0.15, 0.2) is 0 Å². The first-order valence-electron chi connectivity index (χ1n) is 6.77. The third-order valence-electron chi connectivity index (χ3n) is 4.16. The first-order chi connectivity index (χ1) is 9.26. The van der Waals surface area contributed by atoms with Crippen LogP contribution in [0.15, 0.2) is 29.4 Å². The number of carbonyl (C=O) groups excluding carboxylic acids is 1. The SMILES string of the molecule is COc1ccc(C(=O)NN=C2CC3CCC2C3)cc1. The number of hydrogen-bond donors (Lipinski definition) is 1. The largest absolute Gasteiger partial charge is 0.497 e. The van der Waals surface area contributed by atoms with Crippen molar-refractivity contribution >= 4 is 11.6 Å². The van der Waals surface area contributed by atoms with Crippen molar-refractivity contribution in [1.29, 1.82) is 0 Å². The molecule has 0 aromatic heterocycles. The summed E-state index contributed by atoms with van der Waals surface area (Å²) in [4.78, 5) is 11.9. The molecular weight excluding hydrogens is 240 g/mol. The van der Waals surface area contributed by atoms with Crippen LogP contribution in [0.1, 0.15) is 36.0 Å². The highest BCUT2D eigenvalue weighted by molar-refractivity contribution is 5.96. The molecular formula is C15H18N2O2. The lowest BCUT2D eigenvalue weighted by atomic mass is 9.99. The molecule has 2 unspecified atom stereocenters. The molecule has 2 aliphatic rings. The highest BCUT2D eigenvalue weighted by atomic mass is 16.5. The van der Waals surface area contributed by atoms with Gasteiger partial charge in [-0.2, -0.15) is 5.10 Å². The van der Waals surface area contributed by atoms with Crippen LogP contribution in [0.4, 0.5) is 0 Å². The van der Waals surface area contributed by atoms with Gasteiger partial charge < -0.3 is 4.74 Å². The third kappa shape index (κ3) is 2.48. The van der Waals surface area contributed by atoms with E-state index in [1.54, 1.807) is 31.4 Å². The summed E-state index contributed by atoms with van der Waals surface area (Å²) in [6.45, 7) is 0. The van der Waals surface area contributed by atoms with Crippen LogP contribution in [-0.2, 0) is 0 Å². The van der Waals surface area contributed by atoms with Crippen molar-refractivity contribution in [3.05, 3.63) is 29.8 Å². The van der Waals surface area contributed by atoms with Crippen LogP contribution in [0.25, 0.3) is 0 Å². The number of nitrogens with zero attached hydrogens (tertiary/aromatic N) is 1. The van der Waals surface area contributed by atoms with Crippen LogP contribution in [0.3, 0.4) is 0 Å². The average molecular weight is 258 g/mol. The molecule has 1 aromatic carbocycles. The Morgan fingerprint density at radius 1 is 1.32 bits per heavy atom. The molecule has 0 saturated heterocycles. The van der Waals surface area contributed by atoms with Crippen molar-refractivity contribution in [2.45, 2.75) is 25.7 Å². The van der Waals surface area contributed by atoms with Crippen molar-refractivity contribution in [3.8, 4) is 5.75 Å². The van der Waals surface area contributed by atoms with Gasteiger partial charge in [-0.1, -0.05) is 0 Å². The van der Waals surface area contributed by atoms with E-state index in [2.05, 4.69) is 10.5 Å². The van der Waals surface area contributed by atoms with E-state index in [0.717, 1.165) is 18.1 Å². The molecule has 2 atom stereocenters. The van der Waals surface area contributed by atoms with Crippen LogP contribution in [-0.4, -0.2) is 18.7 Å². The Labute approximate surface area is 112 Å². The van der Waals surface area contributed by atoms with Crippen molar-refractivity contribution in [2.24, 2.45) is 16.9 Å². The Balaban J connectivity index is 1.63. The predicted octanol–water partition coefficient (Wildman–Crippen LogP) is 2.60. The lowest BCUT2D eigenvalue weighted by molar-refractivity contribution is 0.0954. The minimum absolute atomic E-state index is 0.155. The number of ether oxygens (including phenoxy) is 1. The van der Waals surface area contributed by atoms with Gasteiger partial charge >= 0.3 is 0 Å². The van der Waals surface area contributed by atoms with Gasteiger partial charge in [-0.05, 0) is 61.8 Å². The summed E-state index contributed by atoms with van der Waals surface area (Å²) in [6, 6.07) is 7.05. The molecule has 4 heteroatoms. The van der Waals surface area contributed by atoms with Gasteiger partial charge in [-0.3, -0.25) is 4.79 Å². The molecule has 19 heavy (non-hydrogen) atoms. The number of methoxy groups -OCH3 is 1. The van der Waals surface area contributed by atoms with Gasteiger partial charge in [-0.15, -0.1) is 0 Å². The monoisotopic (exact) mass is 258 g/mol. The maximum absolute atomic E-state index is 11.9. The Morgan fingerprint density at radius 2 is 2.11 bits per heavy atom. The second kappa shape index (κ2) is 5.03. The van der Waals surface area contributed by atoms with Gasteiger partial charge in [0.1, 0.15) is 5.75 Å². The van der Waals surface area contributed by atoms with Gasteiger partial charge in [-0.25, -0.2) is 5.43 Å². The minimum atomic E-state index is -0.155. The number of hydrogen-bond acceptors (Lipinski definition) is 3. The van der Waals surface area contributed by atoms with Gasteiger partial charge in [0, 0.05) is 11.3 Å². The first kappa shape index (κ1) is 12.2. The molecule has 3 rings (SSSR count). The fourth-order valence-electron chi connectivity index (χ4n) is 3.09. The zero-order valence-electron chi connectivity index (χ0n) is 11.1. The number of hydrazone groups is 1. The smallest absolute Gasteiger partial charge is 0.271 e. The molecule has 0 spiro atoms. The maximum Gasteiger partial charge on any atom is 0.271 e. The van der Waals surface area contributed by atoms with Crippen LogP contribution in [0.2, 0.25) is 0 Å². The highest BCUT2D eigenvalue weighted by Gasteiger charge is 2.36. The number of benzene rings is 1. The number of amides is 1. The van der Waals surface area contributed by atoms with E-state index >= 15 is 0 Å². The van der Waals surface area contributed by atoms with Gasteiger partial charge in [0.05, 0.1) is 7.11 Å². The Kier molecular flexibility index (Phi) is 3.23. The Morgan fingerprint density at radius 3 is 2.68 bits per heavy atom. The number of fused-ring (bicyclic) bond motifs is 2. The summed E-state index contributed by atoms with van der Waals surface area (Å²) in [6.07, 6.45) is 4.89. The summed E-state index contributed by atoms with van der Waals surface area (Å²) >= 11 is 0. The van der Waals surface area contributed by atoms with E-state index in [9.17, 15) is 4.79 Å². The quantitative estimate of drug-likeness (QED) is 0.847. The summed E-state index contributed by atoms with van der Waals surface area (Å²) in [5.74, 6) is 2.01. The molecule has 2 bridgehead atoms. The molecule has 2 saturated carbocycles. The molecule has 0 radical (unpaired) electrons. The zero-order valence-corrected chi connectivity index (χ0v) is 11.1. The first-order valence-corrected chi connectivity index (χ1v) is 6.77. The van der Waals surface area contributed by atoms with Crippen LogP contribution in [0.5, 0.6) is 5.75 Å². The number of carbonyl (C=O) groups is 1. The predicted molar refractivity (Wildman–Crippen MR) is 73.3 cm³/mol. The molecule has 4 nitrogen and oxygen atoms in total. The van der Waals surface area contributed by atoms with Gasteiger partial charge in [0.2, 0.25) is 0 Å². The number of rotatable bonds is 3. The maximum atomic E-state index is 11.9.